The highest BCUT2D eigenvalue weighted by Crippen LogP contribution is 2.67. The van der Waals surface area contributed by atoms with Gasteiger partial charge < -0.3 is 24.6 Å². The van der Waals surface area contributed by atoms with Crippen LogP contribution in [-0.4, -0.2) is 55.6 Å². The maximum atomic E-state index is 12.6. The third kappa shape index (κ3) is 2.30. The molecule has 1 aromatic heterocycles. The minimum absolute atomic E-state index is 0.0562. The van der Waals surface area contributed by atoms with Crippen molar-refractivity contribution in [1.29, 1.82) is 0 Å². The third-order valence-corrected chi connectivity index (χ3v) is 10.4. The van der Waals surface area contributed by atoms with Gasteiger partial charge in [0.1, 0.15) is 6.10 Å². The fourth-order valence-electron chi connectivity index (χ4n) is 8.70. The van der Waals surface area contributed by atoms with E-state index in [1.54, 1.807) is 6.07 Å². The van der Waals surface area contributed by atoms with E-state index in [1.807, 2.05) is 0 Å². The van der Waals surface area contributed by atoms with Crippen LogP contribution in [0.5, 0.6) is 17.4 Å². The van der Waals surface area contributed by atoms with Crippen molar-refractivity contribution in [1.82, 2.24) is 9.47 Å². The van der Waals surface area contributed by atoms with Gasteiger partial charge in [0.25, 0.3) is 0 Å². The standard InChI is InChI=1S/C28H34N2O4/c31-21-8-7-17-13-22-28(33)10-9-20(30-15-18-3-1-2-4-19(18)26(30)32)25-27(28,23(17)24(21)34-25)11-12-29(22)14-16-5-6-16/h7-8,15-16,20,22,25,31-33H,1-6,9-14H2/t20-,22-,25+,27+,28-/m1/s1. The monoisotopic (exact) mass is 462 g/mol. The van der Waals surface area contributed by atoms with Crippen molar-refractivity contribution in [3.05, 3.63) is 40.6 Å². The van der Waals surface area contributed by atoms with Crippen molar-refractivity contribution in [2.24, 2.45) is 5.92 Å². The van der Waals surface area contributed by atoms with Crippen LogP contribution in [0.1, 0.15) is 73.2 Å². The molecule has 180 valence electrons. The molecule has 2 saturated carbocycles. The molecule has 6 aliphatic rings. The van der Waals surface area contributed by atoms with Crippen molar-refractivity contribution < 1.29 is 20.1 Å². The van der Waals surface area contributed by atoms with Gasteiger partial charge in [-0.25, -0.2) is 0 Å². The maximum Gasteiger partial charge on any atom is 0.194 e. The molecule has 4 aliphatic carbocycles. The molecule has 2 aliphatic heterocycles. The van der Waals surface area contributed by atoms with E-state index in [0.29, 0.717) is 18.1 Å². The van der Waals surface area contributed by atoms with Crippen LogP contribution < -0.4 is 4.74 Å². The van der Waals surface area contributed by atoms with Crippen LogP contribution in [-0.2, 0) is 24.7 Å². The second-order valence-corrected chi connectivity index (χ2v) is 12.0. The summed E-state index contributed by atoms with van der Waals surface area (Å²) in [6.07, 6.45) is 11.9. The lowest BCUT2D eigenvalue weighted by molar-refractivity contribution is -0.195. The van der Waals surface area contributed by atoms with E-state index >= 15 is 0 Å². The normalized spacial score (nSPS) is 37.7. The molecular weight excluding hydrogens is 428 g/mol. The van der Waals surface area contributed by atoms with Crippen LogP contribution in [0.15, 0.2) is 18.3 Å². The summed E-state index contributed by atoms with van der Waals surface area (Å²) in [6.45, 7) is 2.04. The number of fused-ring (bicyclic) bond motifs is 1. The zero-order valence-corrected chi connectivity index (χ0v) is 19.7. The lowest BCUT2D eigenvalue weighted by atomic mass is 9.48. The maximum absolute atomic E-state index is 12.6. The number of likely N-dealkylation sites (tertiary alicyclic amines) is 1. The Labute approximate surface area is 200 Å². The van der Waals surface area contributed by atoms with Crippen molar-refractivity contribution in [3.8, 4) is 17.4 Å². The van der Waals surface area contributed by atoms with Crippen molar-refractivity contribution >= 4 is 0 Å². The molecule has 5 atom stereocenters. The Kier molecular flexibility index (Phi) is 3.85. The molecule has 6 nitrogen and oxygen atoms in total. The molecule has 2 aromatic rings. The van der Waals surface area contributed by atoms with Crippen molar-refractivity contribution in [3.63, 3.8) is 0 Å². The van der Waals surface area contributed by atoms with Crippen LogP contribution >= 0.6 is 0 Å². The molecule has 3 fully saturated rings. The second-order valence-electron chi connectivity index (χ2n) is 12.0. The van der Waals surface area contributed by atoms with Gasteiger partial charge in [0.05, 0.1) is 17.1 Å². The lowest BCUT2D eigenvalue weighted by Gasteiger charge is -2.64. The Hall–Kier alpha value is -2.18. The molecule has 3 heterocycles. The first kappa shape index (κ1) is 20.1. The fourth-order valence-corrected chi connectivity index (χ4v) is 8.70. The SMILES string of the molecule is Oc1ccc2c3c1O[C@H]1[C@H](n4cc5c(c4O)CCCC5)CC[C@@]4(O)[C@@H](C2)N(CC2CC2)CC[C@]314. The number of rotatable bonds is 3. The molecule has 3 N–H and O–H groups in total. The summed E-state index contributed by atoms with van der Waals surface area (Å²) in [7, 11) is 0. The molecule has 1 aromatic carbocycles. The molecule has 2 bridgehead atoms. The van der Waals surface area contributed by atoms with E-state index < -0.39 is 11.0 Å². The van der Waals surface area contributed by atoms with E-state index in [4.69, 9.17) is 4.74 Å². The third-order valence-electron chi connectivity index (χ3n) is 10.4. The molecular formula is C28H34N2O4. The number of aliphatic hydroxyl groups is 1. The number of aromatic hydroxyl groups is 2. The van der Waals surface area contributed by atoms with Crippen LogP contribution in [0.4, 0.5) is 0 Å². The summed E-state index contributed by atoms with van der Waals surface area (Å²) < 4.78 is 8.76. The number of nitrogens with zero attached hydrogens (tertiary/aromatic N) is 2. The van der Waals surface area contributed by atoms with Gasteiger partial charge in [0.2, 0.25) is 0 Å². The zero-order valence-electron chi connectivity index (χ0n) is 19.7. The smallest absolute Gasteiger partial charge is 0.194 e. The molecule has 0 unspecified atom stereocenters. The molecule has 34 heavy (non-hydrogen) atoms. The van der Waals surface area contributed by atoms with Crippen molar-refractivity contribution in [2.45, 2.75) is 93.4 Å². The lowest BCUT2D eigenvalue weighted by Crippen LogP contribution is -2.76. The number of hydrogen-bond donors (Lipinski definition) is 3. The van der Waals surface area contributed by atoms with Gasteiger partial charge in [0.15, 0.2) is 17.4 Å². The molecule has 6 heteroatoms. The van der Waals surface area contributed by atoms with Crippen LogP contribution in [0.2, 0.25) is 0 Å². The van der Waals surface area contributed by atoms with Gasteiger partial charge in [-0.05, 0) is 93.9 Å². The predicted molar refractivity (Wildman–Crippen MR) is 127 cm³/mol. The first-order chi connectivity index (χ1) is 16.5. The Morgan fingerprint density at radius 2 is 1.88 bits per heavy atom. The van der Waals surface area contributed by atoms with E-state index in [1.165, 1.54) is 30.4 Å². The number of aromatic nitrogens is 1. The Bertz CT molecular complexity index is 1200. The quantitative estimate of drug-likeness (QED) is 0.650. The number of aryl methyl sites for hydroxylation is 1. The summed E-state index contributed by atoms with van der Waals surface area (Å²) in [5.74, 6) is 1.94. The van der Waals surface area contributed by atoms with Gasteiger partial charge in [-0.2, -0.15) is 0 Å². The van der Waals surface area contributed by atoms with Gasteiger partial charge in [-0.3, -0.25) is 4.90 Å². The highest BCUT2D eigenvalue weighted by Gasteiger charge is 2.73. The summed E-state index contributed by atoms with van der Waals surface area (Å²) in [6, 6.07) is 3.86. The Morgan fingerprint density at radius 3 is 2.71 bits per heavy atom. The molecule has 1 saturated heterocycles. The number of piperidine rings is 1. The number of benzene rings is 1. The molecule has 0 radical (unpaired) electrons. The van der Waals surface area contributed by atoms with E-state index in [9.17, 15) is 15.3 Å². The summed E-state index contributed by atoms with van der Waals surface area (Å²) >= 11 is 0. The minimum Gasteiger partial charge on any atom is -0.504 e. The van der Waals surface area contributed by atoms with E-state index in [0.717, 1.165) is 68.7 Å². The average molecular weight is 463 g/mol. The van der Waals surface area contributed by atoms with E-state index in [-0.39, 0.29) is 23.9 Å². The topological polar surface area (TPSA) is 78.1 Å². The summed E-state index contributed by atoms with van der Waals surface area (Å²) in [5, 5.41) is 34.7. The Balaban J connectivity index is 1.29. The second kappa shape index (κ2) is 6.52. The number of hydrogen-bond acceptors (Lipinski definition) is 5. The average Bonchev–Trinajstić information content (AvgIpc) is 3.49. The fraction of sp³-hybridized carbons (Fsp3) is 0.643. The Morgan fingerprint density at radius 1 is 1.03 bits per heavy atom. The van der Waals surface area contributed by atoms with Gasteiger partial charge in [-0.15, -0.1) is 0 Å². The summed E-state index contributed by atoms with van der Waals surface area (Å²) in [4.78, 5) is 2.57. The van der Waals surface area contributed by atoms with E-state index in [2.05, 4.69) is 21.7 Å². The van der Waals surface area contributed by atoms with Gasteiger partial charge in [-0.1, -0.05) is 6.07 Å². The van der Waals surface area contributed by atoms with Crippen molar-refractivity contribution in [2.75, 3.05) is 13.1 Å². The highest BCUT2D eigenvalue weighted by molar-refractivity contribution is 5.62. The van der Waals surface area contributed by atoms with Crippen LogP contribution in [0.3, 0.4) is 0 Å². The first-order valence-electron chi connectivity index (χ1n) is 13.4. The molecule has 0 amide bonds. The first-order valence-corrected chi connectivity index (χ1v) is 13.4. The van der Waals surface area contributed by atoms with Crippen LogP contribution in [0.25, 0.3) is 0 Å². The zero-order chi connectivity index (χ0) is 22.8. The molecule has 1 spiro atoms. The largest absolute Gasteiger partial charge is 0.504 e. The van der Waals surface area contributed by atoms with Gasteiger partial charge >= 0.3 is 0 Å². The van der Waals surface area contributed by atoms with Crippen LogP contribution in [0, 0.1) is 5.92 Å². The minimum atomic E-state index is -0.879. The number of ether oxygens (including phenoxy) is 1. The van der Waals surface area contributed by atoms with Gasteiger partial charge in [0, 0.05) is 29.9 Å². The summed E-state index contributed by atoms with van der Waals surface area (Å²) in [5.41, 5.74) is 3.23. The predicted octanol–water partition coefficient (Wildman–Crippen LogP) is 3.58. The number of phenolic OH excluding ortho intramolecular Hbond substituents is 1. The highest BCUT2D eigenvalue weighted by atomic mass is 16.5. The molecule has 8 rings (SSSR count). The number of phenols is 1.